The lowest BCUT2D eigenvalue weighted by molar-refractivity contribution is 0.0771. The first-order chi connectivity index (χ1) is 18.8. The molecule has 1 amide bonds. The highest BCUT2D eigenvalue weighted by molar-refractivity contribution is 7.91. The number of nitrogens with one attached hydrogen (secondary N) is 1. The van der Waals surface area contributed by atoms with Gasteiger partial charge in [0.25, 0.3) is 5.91 Å². The van der Waals surface area contributed by atoms with Gasteiger partial charge in [-0.2, -0.15) is 0 Å². The first-order valence-electron chi connectivity index (χ1n) is 14.6. The summed E-state index contributed by atoms with van der Waals surface area (Å²) < 4.78 is 25.7. The lowest BCUT2D eigenvalue weighted by Crippen LogP contribution is -2.45. The van der Waals surface area contributed by atoms with E-state index >= 15 is 0 Å². The number of likely N-dealkylation sites (tertiary alicyclic amines) is 2. The summed E-state index contributed by atoms with van der Waals surface area (Å²) in [5.74, 6) is 2.00. The molecule has 3 aliphatic heterocycles. The van der Waals surface area contributed by atoms with Gasteiger partial charge >= 0.3 is 0 Å². The van der Waals surface area contributed by atoms with Gasteiger partial charge in [-0.25, -0.2) is 18.4 Å². The summed E-state index contributed by atoms with van der Waals surface area (Å²) in [4.78, 5) is 26.3. The number of carbonyl (C=O) groups is 1. The predicted molar refractivity (Wildman–Crippen MR) is 153 cm³/mol. The van der Waals surface area contributed by atoms with Gasteiger partial charge in [-0.1, -0.05) is 37.3 Å². The number of fused-ring (bicyclic) bond motifs is 1. The van der Waals surface area contributed by atoms with Crippen molar-refractivity contribution in [2.24, 2.45) is 17.8 Å². The first kappa shape index (κ1) is 28.2. The van der Waals surface area contributed by atoms with Crippen LogP contribution in [0.2, 0.25) is 0 Å². The monoisotopic (exact) mass is 553 g/mol. The maximum absolute atomic E-state index is 13.3. The molecule has 5 atom stereocenters. The molecule has 0 saturated carbocycles. The molecule has 3 saturated heterocycles. The summed E-state index contributed by atoms with van der Waals surface area (Å²) in [5, 5.41) is 2.87. The molecule has 212 valence electrons. The number of carbonyl (C=O) groups excluding carboxylic acids is 1. The van der Waals surface area contributed by atoms with Gasteiger partial charge in [0.2, 0.25) is 0 Å². The van der Waals surface area contributed by atoms with Gasteiger partial charge in [0.1, 0.15) is 11.7 Å². The third kappa shape index (κ3) is 6.20. The van der Waals surface area contributed by atoms with Gasteiger partial charge in [0.05, 0.1) is 22.7 Å². The molecule has 0 aliphatic carbocycles. The van der Waals surface area contributed by atoms with Crippen LogP contribution in [0.1, 0.15) is 65.8 Å². The maximum atomic E-state index is 13.3. The van der Waals surface area contributed by atoms with Crippen LogP contribution >= 0.6 is 0 Å². The number of aryl methyl sites for hydroxylation is 2. The fourth-order valence-electron chi connectivity index (χ4n) is 7.17. The molecule has 1 aromatic carbocycles. The molecule has 2 aromatic rings. The summed E-state index contributed by atoms with van der Waals surface area (Å²) in [6, 6.07) is 10.7. The van der Waals surface area contributed by atoms with Crippen LogP contribution in [0, 0.1) is 31.6 Å². The van der Waals surface area contributed by atoms with E-state index in [1.54, 1.807) is 0 Å². The number of piperidine rings is 1. The van der Waals surface area contributed by atoms with E-state index in [0.717, 1.165) is 63.5 Å². The Bertz CT molecular complexity index is 1220. The van der Waals surface area contributed by atoms with Crippen LogP contribution in [0.5, 0.6) is 0 Å². The van der Waals surface area contributed by atoms with Crippen molar-refractivity contribution in [2.75, 3.05) is 45.0 Å². The minimum absolute atomic E-state index is 0.0641. The van der Waals surface area contributed by atoms with Crippen molar-refractivity contribution in [3.63, 3.8) is 0 Å². The van der Waals surface area contributed by atoms with E-state index < -0.39 is 15.2 Å². The van der Waals surface area contributed by atoms with Gasteiger partial charge in [-0.05, 0) is 81.9 Å². The van der Waals surface area contributed by atoms with E-state index in [0.29, 0.717) is 42.1 Å². The van der Waals surface area contributed by atoms with E-state index in [9.17, 15) is 13.2 Å². The Morgan fingerprint density at radius 3 is 2.36 bits per heavy atom. The fraction of sp³-hybridized carbons (Fsp3) is 0.633. The van der Waals surface area contributed by atoms with E-state index in [1.165, 1.54) is 11.9 Å². The van der Waals surface area contributed by atoms with Gasteiger partial charge < -0.3 is 15.1 Å². The zero-order valence-electron chi connectivity index (χ0n) is 23.6. The largest absolute Gasteiger partial charge is 0.338 e. The minimum atomic E-state index is -3.12. The molecule has 1 aromatic heterocycles. The highest BCUT2D eigenvalue weighted by atomic mass is 32.2. The van der Waals surface area contributed by atoms with E-state index in [1.807, 2.05) is 25.7 Å². The second-order valence-corrected chi connectivity index (χ2v) is 14.1. The molecule has 5 unspecified atom stereocenters. The second-order valence-electron chi connectivity index (χ2n) is 11.8. The first-order valence-corrected chi connectivity index (χ1v) is 16.3. The quantitative estimate of drug-likeness (QED) is 0.508. The highest BCUT2D eigenvalue weighted by Gasteiger charge is 2.42. The zero-order chi connectivity index (χ0) is 27.6. The molecule has 39 heavy (non-hydrogen) atoms. The molecular formula is C30H43N5O3S. The SMILES string of the molecule is CCCS(=O)(=O)C1CC(C(CCN2CC3CN(C(=O)c4c(C)ncnc4C)CC3C2)c2ccccc2)CCN1. The molecule has 9 heteroatoms. The Hall–Kier alpha value is -2.36. The van der Waals surface area contributed by atoms with Crippen LogP contribution in [-0.2, 0) is 9.84 Å². The molecule has 0 radical (unpaired) electrons. The standard InChI is InChI=1S/C30H43N5O3S/c1-4-14-39(37,38)28-15-24(10-12-31-28)27(23-8-6-5-7-9-23)11-13-34-16-25-18-35(19-26(25)17-34)30(36)29-21(2)32-20-33-22(29)3/h5-9,20,24-28,31H,4,10-19H2,1-3H3. The van der Waals surface area contributed by atoms with E-state index in [-0.39, 0.29) is 11.7 Å². The van der Waals surface area contributed by atoms with Crippen molar-refractivity contribution in [1.29, 1.82) is 0 Å². The molecule has 4 heterocycles. The number of rotatable bonds is 9. The van der Waals surface area contributed by atoms with Crippen LogP contribution in [0.15, 0.2) is 36.7 Å². The van der Waals surface area contributed by atoms with Gasteiger partial charge in [0, 0.05) is 26.2 Å². The molecule has 1 N–H and O–H groups in total. The van der Waals surface area contributed by atoms with Gasteiger partial charge in [-0.3, -0.25) is 4.79 Å². The average Bonchev–Trinajstić information content (AvgIpc) is 3.49. The van der Waals surface area contributed by atoms with Crippen LogP contribution in [-0.4, -0.2) is 84.5 Å². The van der Waals surface area contributed by atoms with Crippen molar-refractivity contribution in [1.82, 2.24) is 25.1 Å². The number of amides is 1. The number of benzene rings is 1. The summed E-state index contributed by atoms with van der Waals surface area (Å²) in [7, 11) is -3.12. The Balaban J connectivity index is 1.21. The number of hydrogen-bond donors (Lipinski definition) is 1. The van der Waals surface area contributed by atoms with E-state index in [2.05, 4.69) is 50.5 Å². The third-order valence-corrected chi connectivity index (χ3v) is 11.4. The molecule has 3 aliphatic rings. The Kier molecular flexibility index (Phi) is 8.69. The summed E-state index contributed by atoms with van der Waals surface area (Å²) in [6.07, 6.45) is 4.90. The van der Waals surface area contributed by atoms with Crippen molar-refractivity contribution >= 4 is 15.7 Å². The maximum Gasteiger partial charge on any atom is 0.257 e. The van der Waals surface area contributed by atoms with Crippen molar-refractivity contribution in [2.45, 2.75) is 57.7 Å². The molecule has 0 spiro atoms. The minimum Gasteiger partial charge on any atom is -0.338 e. The smallest absolute Gasteiger partial charge is 0.257 e. The van der Waals surface area contributed by atoms with Gasteiger partial charge in [0.15, 0.2) is 9.84 Å². The van der Waals surface area contributed by atoms with Crippen LogP contribution in [0.25, 0.3) is 0 Å². The molecule has 3 fully saturated rings. The lowest BCUT2D eigenvalue weighted by Gasteiger charge is -2.36. The van der Waals surface area contributed by atoms with Crippen molar-refractivity contribution in [3.05, 3.63) is 59.2 Å². The Labute approximate surface area is 233 Å². The molecule has 0 bridgehead atoms. The summed E-state index contributed by atoms with van der Waals surface area (Å²) in [6.45, 7) is 11.1. The highest BCUT2D eigenvalue weighted by Crippen LogP contribution is 2.38. The normalized spacial score (nSPS) is 26.5. The topological polar surface area (TPSA) is 95.5 Å². The Morgan fingerprint density at radius 1 is 1.05 bits per heavy atom. The lowest BCUT2D eigenvalue weighted by atomic mass is 9.78. The third-order valence-electron chi connectivity index (χ3n) is 9.17. The van der Waals surface area contributed by atoms with Crippen molar-refractivity contribution in [3.8, 4) is 0 Å². The van der Waals surface area contributed by atoms with Crippen molar-refractivity contribution < 1.29 is 13.2 Å². The summed E-state index contributed by atoms with van der Waals surface area (Å²) >= 11 is 0. The summed E-state index contributed by atoms with van der Waals surface area (Å²) in [5.41, 5.74) is 3.48. The molecule has 8 nitrogen and oxygen atoms in total. The molecule has 5 rings (SSSR count). The predicted octanol–water partition coefficient (Wildman–Crippen LogP) is 3.42. The number of hydrogen-bond acceptors (Lipinski definition) is 7. The Morgan fingerprint density at radius 2 is 1.72 bits per heavy atom. The van der Waals surface area contributed by atoms with Gasteiger partial charge in [-0.15, -0.1) is 0 Å². The number of sulfone groups is 1. The average molecular weight is 554 g/mol. The zero-order valence-corrected chi connectivity index (χ0v) is 24.4. The van der Waals surface area contributed by atoms with Crippen LogP contribution < -0.4 is 5.32 Å². The number of aromatic nitrogens is 2. The second kappa shape index (κ2) is 12.0. The van der Waals surface area contributed by atoms with Crippen LogP contribution in [0.4, 0.5) is 0 Å². The number of nitrogens with zero attached hydrogens (tertiary/aromatic N) is 4. The van der Waals surface area contributed by atoms with E-state index in [4.69, 9.17) is 0 Å². The fourth-order valence-corrected chi connectivity index (χ4v) is 8.93. The molecular weight excluding hydrogens is 510 g/mol. The van der Waals surface area contributed by atoms with Crippen LogP contribution in [0.3, 0.4) is 0 Å².